The van der Waals surface area contributed by atoms with E-state index in [0.29, 0.717) is 24.9 Å². The maximum atomic E-state index is 11.6. The largest absolute Gasteiger partial charge is 0.481 e. The van der Waals surface area contributed by atoms with Gasteiger partial charge in [-0.3, -0.25) is 0 Å². The summed E-state index contributed by atoms with van der Waals surface area (Å²) < 4.78 is 29.7. The molecule has 1 atom stereocenters. The second kappa shape index (κ2) is 6.41. The van der Waals surface area contributed by atoms with Gasteiger partial charge in [0.25, 0.3) is 0 Å². The molecule has 1 aliphatic heterocycles. The SMILES string of the molecule is COc1ccc(NCC2CCCN(S(C)(=O)=O)C2)cn1. The summed E-state index contributed by atoms with van der Waals surface area (Å²) in [5, 5.41) is 3.30. The van der Waals surface area contributed by atoms with Crippen LogP contribution in [0.2, 0.25) is 0 Å². The van der Waals surface area contributed by atoms with E-state index in [2.05, 4.69) is 10.3 Å². The third-order valence-corrected chi connectivity index (χ3v) is 4.76. The van der Waals surface area contributed by atoms with Crippen LogP contribution in [0.15, 0.2) is 18.3 Å². The molecule has 1 saturated heterocycles. The highest BCUT2D eigenvalue weighted by atomic mass is 32.2. The first-order valence-corrected chi connectivity index (χ1v) is 8.53. The molecular weight excluding hydrogens is 278 g/mol. The van der Waals surface area contributed by atoms with Crippen molar-refractivity contribution in [1.82, 2.24) is 9.29 Å². The molecule has 0 aromatic carbocycles. The third kappa shape index (κ3) is 4.08. The lowest BCUT2D eigenvalue weighted by atomic mass is 10.00. The minimum atomic E-state index is -3.07. The van der Waals surface area contributed by atoms with Gasteiger partial charge in [-0.25, -0.2) is 17.7 Å². The molecule has 2 heterocycles. The fraction of sp³-hybridized carbons (Fsp3) is 0.615. The molecule has 0 radical (unpaired) electrons. The van der Waals surface area contributed by atoms with Crippen molar-refractivity contribution in [2.24, 2.45) is 5.92 Å². The Morgan fingerprint density at radius 1 is 1.50 bits per heavy atom. The van der Waals surface area contributed by atoms with Crippen molar-refractivity contribution in [2.45, 2.75) is 12.8 Å². The Bertz CT molecular complexity index is 530. The highest BCUT2D eigenvalue weighted by Gasteiger charge is 2.25. The monoisotopic (exact) mass is 299 g/mol. The summed E-state index contributed by atoms with van der Waals surface area (Å²) in [7, 11) is -1.49. The van der Waals surface area contributed by atoms with Gasteiger partial charge >= 0.3 is 0 Å². The summed E-state index contributed by atoms with van der Waals surface area (Å²) in [6.45, 7) is 1.98. The molecule has 0 bridgehead atoms. The normalized spacial score (nSPS) is 20.6. The summed E-state index contributed by atoms with van der Waals surface area (Å²) in [6.07, 6.45) is 4.95. The van der Waals surface area contributed by atoms with Crippen LogP contribution >= 0.6 is 0 Å². The van der Waals surface area contributed by atoms with Crippen LogP contribution in [0, 0.1) is 5.92 Å². The van der Waals surface area contributed by atoms with E-state index >= 15 is 0 Å². The van der Waals surface area contributed by atoms with Crippen LogP contribution in [-0.4, -0.2) is 50.7 Å². The van der Waals surface area contributed by atoms with Crippen LogP contribution < -0.4 is 10.1 Å². The number of methoxy groups -OCH3 is 1. The summed E-state index contributed by atoms with van der Waals surface area (Å²) in [4.78, 5) is 4.12. The van der Waals surface area contributed by atoms with Crippen LogP contribution in [0.4, 0.5) is 5.69 Å². The number of nitrogens with zero attached hydrogens (tertiary/aromatic N) is 2. The molecule has 2 rings (SSSR count). The van der Waals surface area contributed by atoms with Gasteiger partial charge in [-0.1, -0.05) is 0 Å². The minimum absolute atomic E-state index is 0.334. The molecule has 20 heavy (non-hydrogen) atoms. The molecule has 1 aliphatic rings. The number of sulfonamides is 1. The van der Waals surface area contributed by atoms with E-state index in [-0.39, 0.29) is 0 Å². The molecule has 7 heteroatoms. The minimum Gasteiger partial charge on any atom is -0.481 e. The predicted octanol–water partition coefficient (Wildman–Crippen LogP) is 1.17. The molecule has 0 amide bonds. The zero-order valence-electron chi connectivity index (χ0n) is 11.9. The highest BCUT2D eigenvalue weighted by molar-refractivity contribution is 7.88. The molecular formula is C13H21N3O3S. The van der Waals surface area contributed by atoms with Crippen molar-refractivity contribution < 1.29 is 13.2 Å². The molecule has 1 N–H and O–H groups in total. The number of pyridine rings is 1. The zero-order chi connectivity index (χ0) is 14.6. The van der Waals surface area contributed by atoms with Gasteiger partial charge in [0.1, 0.15) is 0 Å². The first-order chi connectivity index (χ1) is 9.49. The summed E-state index contributed by atoms with van der Waals surface area (Å²) in [6, 6.07) is 3.70. The molecule has 6 nitrogen and oxygen atoms in total. The molecule has 0 spiro atoms. The lowest BCUT2D eigenvalue weighted by Gasteiger charge is -2.31. The fourth-order valence-electron chi connectivity index (χ4n) is 2.36. The number of ether oxygens (including phenoxy) is 1. The van der Waals surface area contributed by atoms with E-state index < -0.39 is 10.0 Å². The van der Waals surface area contributed by atoms with Gasteiger partial charge in [0.05, 0.1) is 25.2 Å². The molecule has 1 fully saturated rings. The Hall–Kier alpha value is -1.34. The number of aromatic nitrogens is 1. The highest BCUT2D eigenvalue weighted by Crippen LogP contribution is 2.19. The Labute approximate surface area is 120 Å². The lowest BCUT2D eigenvalue weighted by Crippen LogP contribution is -2.41. The van der Waals surface area contributed by atoms with Gasteiger partial charge in [-0.15, -0.1) is 0 Å². The van der Waals surface area contributed by atoms with Crippen molar-refractivity contribution in [3.63, 3.8) is 0 Å². The average molecular weight is 299 g/mol. The lowest BCUT2D eigenvalue weighted by molar-refractivity contribution is 0.277. The summed E-state index contributed by atoms with van der Waals surface area (Å²) >= 11 is 0. The maximum Gasteiger partial charge on any atom is 0.213 e. The van der Waals surface area contributed by atoms with Crippen LogP contribution in [0.1, 0.15) is 12.8 Å². The first kappa shape index (κ1) is 15.1. The van der Waals surface area contributed by atoms with Crippen molar-refractivity contribution in [3.05, 3.63) is 18.3 Å². The number of piperidine rings is 1. The quantitative estimate of drug-likeness (QED) is 0.884. The smallest absolute Gasteiger partial charge is 0.213 e. The van der Waals surface area contributed by atoms with Gasteiger partial charge in [0, 0.05) is 25.7 Å². The van der Waals surface area contributed by atoms with E-state index in [0.717, 1.165) is 25.1 Å². The van der Waals surface area contributed by atoms with Gasteiger partial charge in [0.2, 0.25) is 15.9 Å². The molecule has 1 aromatic heterocycles. The average Bonchev–Trinajstić information content (AvgIpc) is 2.45. The van der Waals surface area contributed by atoms with E-state index in [1.165, 1.54) is 6.26 Å². The Morgan fingerprint density at radius 2 is 2.30 bits per heavy atom. The van der Waals surface area contributed by atoms with E-state index in [1.807, 2.05) is 6.07 Å². The maximum absolute atomic E-state index is 11.6. The van der Waals surface area contributed by atoms with Gasteiger partial charge in [-0.05, 0) is 24.8 Å². The van der Waals surface area contributed by atoms with Crippen LogP contribution in [0.3, 0.4) is 0 Å². The zero-order valence-corrected chi connectivity index (χ0v) is 12.7. The molecule has 0 saturated carbocycles. The first-order valence-electron chi connectivity index (χ1n) is 6.68. The van der Waals surface area contributed by atoms with Crippen molar-refractivity contribution in [1.29, 1.82) is 0 Å². The Kier molecular flexibility index (Phi) is 4.82. The molecule has 0 aliphatic carbocycles. The van der Waals surface area contributed by atoms with Crippen molar-refractivity contribution in [2.75, 3.05) is 38.3 Å². The second-order valence-electron chi connectivity index (χ2n) is 5.10. The van der Waals surface area contributed by atoms with Crippen molar-refractivity contribution in [3.8, 4) is 5.88 Å². The van der Waals surface area contributed by atoms with Crippen LogP contribution in [-0.2, 0) is 10.0 Å². The van der Waals surface area contributed by atoms with Crippen LogP contribution in [0.5, 0.6) is 5.88 Å². The topological polar surface area (TPSA) is 71.5 Å². The van der Waals surface area contributed by atoms with E-state index in [1.54, 1.807) is 23.7 Å². The Morgan fingerprint density at radius 3 is 2.90 bits per heavy atom. The summed E-state index contributed by atoms with van der Waals surface area (Å²) in [5.41, 5.74) is 0.919. The van der Waals surface area contributed by atoms with Crippen LogP contribution in [0.25, 0.3) is 0 Å². The van der Waals surface area contributed by atoms with E-state index in [9.17, 15) is 8.42 Å². The number of hydrogen-bond donors (Lipinski definition) is 1. The van der Waals surface area contributed by atoms with Gasteiger partial charge in [0.15, 0.2) is 0 Å². The van der Waals surface area contributed by atoms with Gasteiger partial charge in [-0.2, -0.15) is 0 Å². The van der Waals surface area contributed by atoms with E-state index in [4.69, 9.17) is 4.74 Å². The van der Waals surface area contributed by atoms with Gasteiger partial charge < -0.3 is 10.1 Å². The van der Waals surface area contributed by atoms with Crippen molar-refractivity contribution >= 4 is 15.7 Å². The number of hydrogen-bond acceptors (Lipinski definition) is 5. The molecule has 112 valence electrons. The molecule has 1 unspecified atom stereocenters. The second-order valence-corrected chi connectivity index (χ2v) is 7.08. The number of rotatable bonds is 5. The predicted molar refractivity (Wildman–Crippen MR) is 78.4 cm³/mol. The molecule has 1 aromatic rings. The Balaban J connectivity index is 1.87. The number of nitrogens with one attached hydrogen (secondary N) is 1. The third-order valence-electron chi connectivity index (χ3n) is 3.49. The standard InChI is InChI=1S/C13H21N3O3S/c1-19-13-6-5-12(9-15-13)14-8-11-4-3-7-16(10-11)20(2,17)18/h5-6,9,11,14H,3-4,7-8,10H2,1-2H3. The summed E-state index contributed by atoms with van der Waals surface area (Å²) in [5.74, 6) is 0.914. The number of anilines is 1. The fourth-order valence-corrected chi connectivity index (χ4v) is 3.30.